The zero-order chi connectivity index (χ0) is 12.7. The smallest absolute Gasteiger partial charge is 0.119 e. The van der Waals surface area contributed by atoms with Gasteiger partial charge in [-0.15, -0.1) is 0 Å². The molecule has 0 aliphatic heterocycles. The Balaban J connectivity index is 2.46. The van der Waals surface area contributed by atoms with Crippen molar-refractivity contribution in [1.82, 2.24) is 0 Å². The predicted molar refractivity (Wildman–Crippen MR) is 68.1 cm³/mol. The number of ether oxygens (including phenoxy) is 2. The molecule has 0 aliphatic rings. The van der Waals surface area contributed by atoms with Gasteiger partial charge >= 0.3 is 0 Å². The molecular weight excluding hydrogens is 288 g/mol. The van der Waals surface area contributed by atoms with Gasteiger partial charge in [-0.05, 0) is 30.7 Å². The van der Waals surface area contributed by atoms with Crippen molar-refractivity contribution in [2.45, 2.75) is 19.6 Å². The van der Waals surface area contributed by atoms with E-state index in [0.29, 0.717) is 12.4 Å². The molecule has 0 bridgehead atoms. The first kappa shape index (κ1) is 14.4. The number of hydrogen-bond acceptors (Lipinski definition) is 4. The van der Waals surface area contributed by atoms with Crippen LogP contribution in [0.2, 0.25) is 0 Å². The lowest BCUT2D eigenvalue weighted by Gasteiger charge is -2.13. The van der Waals surface area contributed by atoms with Crippen LogP contribution in [0.15, 0.2) is 22.7 Å². The summed E-state index contributed by atoms with van der Waals surface area (Å²) in [6.07, 6.45) is -0.642. The number of halogens is 1. The van der Waals surface area contributed by atoms with Crippen molar-refractivity contribution in [3.05, 3.63) is 28.2 Å². The van der Waals surface area contributed by atoms with Crippen molar-refractivity contribution < 1.29 is 19.7 Å². The van der Waals surface area contributed by atoms with E-state index in [-0.39, 0.29) is 19.8 Å². The SMILES string of the molecule is CCOCC(O)COc1ccc(Br)c(CO)c1. The predicted octanol–water partition coefficient (Wildman–Crippen LogP) is 1.72. The second-order valence-electron chi connectivity index (χ2n) is 3.54. The van der Waals surface area contributed by atoms with Crippen LogP contribution >= 0.6 is 15.9 Å². The molecule has 1 rings (SSSR count). The van der Waals surface area contributed by atoms with Gasteiger partial charge in [-0.2, -0.15) is 0 Å². The maximum absolute atomic E-state index is 9.51. The van der Waals surface area contributed by atoms with E-state index in [4.69, 9.17) is 14.6 Å². The van der Waals surface area contributed by atoms with E-state index >= 15 is 0 Å². The lowest BCUT2D eigenvalue weighted by molar-refractivity contribution is 0.0164. The molecule has 96 valence electrons. The third kappa shape index (κ3) is 5.04. The molecule has 1 atom stereocenters. The van der Waals surface area contributed by atoms with Crippen LogP contribution in [0, 0.1) is 0 Å². The fraction of sp³-hybridized carbons (Fsp3) is 0.500. The molecule has 0 radical (unpaired) electrons. The van der Waals surface area contributed by atoms with Crippen LogP contribution in [0.5, 0.6) is 5.75 Å². The Morgan fingerprint density at radius 2 is 2.12 bits per heavy atom. The number of aliphatic hydroxyl groups excluding tert-OH is 2. The van der Waals surface area contributed by atoms with Gasteiger partial charge in [-0.25, -0.2) is 0 Å². The molecule has 2 N–H and O–H groups in total. The summed E-state index contributed by atoms with van der Waals surface area (Å²) in [6, 6.07) is 5.31. The molecule has 1 unspecified atom stereocenters. The molecule has 0 aliphatic carbocycles. The van der Waals surface area contributed by atoms with Crippen molar-refractivity contribution in [2.75, 3.05) is 19.8 Å². The van der Waals surface area contributed by atoms with Gasteiger partial charge in [0.2, 0.25) is 0 Å². The first-order valence-electron chi connectivity index (χ1n) is 5.45. The summed E-state index contributed by atoms with van der Waals surface area (Å²) < 4.78 is 11.3. The number of aliphatic hydroxyl groups is 2. The van der Waals surface area contributed by atoms with Crippen LogP contribution in [0.1, 0.15) is 12.5 Å². The lowest BCUT2D eigenvalue weighted by Crippen LogP contribution is -2.23. The van der Waals surface area contributed by atoms with E-state index in [1.807, 2.05) is 6.92 Å². The summed E-state index contributed by atoms with van der Waals surface area (Å²) >= 11 is 3.32. The van der Waals surface area contributed by atoms with Gasteiger partial charge in [-0.3, -0.25) is 0 Å². The minimum atomic E-state index is -0.642. The van der Waals surface area contributed by atoms with E-state index < -0.39 is 6.10 Å². The van der Waals surface area contributed by atoms with E-state index in [1.165, 1.54) is 0 Å². The summed E-state index contributed by atoms with van der Waals surface area (Å²) in [5.41, 5.74) is 0.752. The lowest BCUT2D eigenvalue weighted by atomic mass is 10.2. The largest absolute Gasteiger partial charge is 0.491 e. The molecule has 0 heterocycles. The fourth-order valence-electron chi connectivity index (χ4n) is 1.26. The van der Waals surface area contributed by atoms with E-state index in [0.717, 1.165) is 10.0 Å². The van der Waals surface area contributed by atoms with Crippen LogP contribution < -0.4 is 4.74 Å². The van der Waals surface area contributed by atoms with Gasteiger partial charge in [0.1, 0.15) is 18.5 Å². The first-order valence-corrected chi connectivity index (χ1v) is 6.24. The summed E-state index contributed by atoms with van der Waals surface area (Å²) in [5, 5.41) is 18.6. The molecule has 0 fully saturated rings. The van der Waals surface area contributed by atoms with Gasteiger partial charge in [0.25, 0.3) is 0 Å². The molecule has 17 heavy (non-hydrogen) atoms. The Kier molecular flexibility index (Phi) is 6.50. The quantitative estimate of drug-likeness (QED) is 0.805. The summed E-state index contributed by atoms with van der Waals surface area (Å²) in [7, 11) is 0. The Hall–Kier alpha value is -0.620. The van der Waals surface area contributed by atoms with Gasteiger partial charge in [-0.1, -0.05) is 15.9 Å². The maximum Gasteiger partial charge on any atom is 0.119 e. The third-order valence-corrected chi connectivity index (χ3v) is 2.92. The minimum Gasteiger partial charge on any atom is -0.491 e. The Labute approximate surface area is 109 Å². The molecule has 1 aromatic rings. The number of hydrogen-bond donors (Lipinski definition) is 2. The average molecular weight is 305 g/mol. The molecule has 1 aromatic carbocycles. The highest BCUT2D eigenvalue weighted by Crippen LogP contribution is 2.22. The topological polar surface area (TPSA) is 58.9 Å². The average Bonchev–Trinajstić information content (AvgIpc) is 2.35. The zero-order valence-electron chi connectivity index (χ0n) is 9.73. The van der Waals surface area contributed by atoms with Crippen LogP contribution in [-0.4, -0.2) is 36.1 Å². The summed E-state index contributed by atoms with van der Waals surface area (Å²) in [6.45, 7) is 2.82. The van der Waals surface area contributed by atoms with Crippen LogP contribution in [0.4, 0.5) is 0 Å². The second kappa shape index (κ2) is 7.66. The highest BCUT2D eigenvalue weighted by molar-refractivity contribution is 9.10. The molecule has 5 heteroatoms. The molecule has 4 nitrogen and oxygen atoms in total. The molecule has 0 saturated carbocycles. The Bertz CT molecular complexity index is 343. The molecule has 0 amide bonds. The molecule has 0 aromatic heterocycles. The fourth-order valence-corrected chi connectivity index (χ4v) is 1.63. The molecular formula is C12H17BrO4. The van der Waals surface area contributed by atoms with Gasteiger partial charge in [0.05, 0.1) is 13.2 Å². The van der Waals surface area contributed by atoms with Crippen molar-refractivity contribution in [3.63, 3.8) is 0 Å². The van der Waals surface area contributed by atoms with Crippen LogP contribution in [0.25, 0.3) is 0 Å². The zero-order valence-corrected chi connectivity index (χ0v) is 11.3. The minimum absolute atomic E-state index is 0.0563. The standard InChI is InChI=1S/C12H17BrO4/c1-2-16-7-10(15)8-17-11-3-4-12(13)9(5-11)6-14/h3-5,10,14-15H,2,6-8H2,1H3. The highest BCUT2D eigenvalue weighted by atomic mass is 79.9. The van der Waals surface area contributed by atoms with Gasteiger partial charge < -0.3 is 19.7 Å². The Morgan fingerprint density at radius 1 is 1.35 bits per heavy atom. The summed E-state index contributed by atoms with van der Waals surface area (Å²) in [5.74, 6) is 0.618. The number of benzene rings is 1. The van der Waals surface area contributed by atoms with Crippen LogP contribution in [0.3, 0.4) is 0 Å². The van der Waals surface area contributed by atoms with Gasteiger partial charge in [0, 0.05) is 11.1 Å². The third-order valence-electron chi connectivity index (χ3n) is 2.14. The second-order valence-corrected chi connectivity index (χ2v) is 4.39. The normalized spacial score (nSPS) is 12.5. The first-order chi connectivity index (χ1) is 8.17. The monoisotopic (exact) mass is 304 g/mol. The summed E-state index contributed by atoms with van der Waals surface area (Å²) in [4.78, 5) is 0. The van der Waals surface area contributed by atoms with E-state index in [2.05, 4.69) is 15.9 Å². The van der Waals surface area contributed by atoms with E-state index in [9.17, 15) is 5.11 Å². The highest BCUT2D eigenvalue weighted by Gasteiger charge is 2.06. The van der Waals surface area contributed by atoms with E-state index in [1.54, 1.807) is 18.2 Å². The van der Waals surface area contributed by atoms with Gasteiger partial charge in [0.15, 0.2) is 0 Å². The van der Waals surface area contributed by atoms with Crippen molar-refractivity contribution in [1.29, 1.82) is 0 Å². The van der Waals surface area contributed by atoms with Crippen molar-refractivity contribution in [2.24, 2.45) is 0 Å². The van der Waals surface area contributed by atoms with Crippen LogP contribution in [-0.2, 0) is 11.3 Å². The van der Waals surface area contributed by atoms with Crippen molar-refractivity contribution in [3.8, 4) is 5.75 Å². The number of rotatable bonds is 7. The van der Waals surface area contributed by atoms with Crippen molar-refractivity contribution >= 4 is 15.9 Å². The Morgan fingerprint density at radius 3 is 2.76 bits per heavy atom. The molecule has 0 saturated heterocycles. The maximum atomic E-state index is 9.51. The molecule has 0 spiro atoms.